The van der Waals surface area contributed by atoms with E-state index in [1.165, 1.54) is 0 Å². The van der Waals surface area contributed by atoms with Crippen LogP contribution in [0.25, 0.3) is 0 Å². The predicted octanol–water partition coefficient (Wildman–Crippen LogP) is 3.87. The number of halogens is 2. The van der Waals surface area contributed by atoms with E-state index < -0.39 is 4.92 Å². The summed E-state index contributed by atoms with van der Waals surface area (Å²) in [5, 5.41) is 17.4. The number of aromatic nitrogens is 2. The zero-order chi connectivity index (χ0) is 15.4. The van der Waals surface area contributed by atoms with Crippen molar-refractivity contribution in [3.05, 3.63) is 44.6 Å². The van der Waals surface area contributed by atoms with Crippen LogP contribution in [0.15, 0.2) is 24.4 Å². The highest BCUT2D eigenvalue weighted by Gasteiger charge is 2.16. The molecule has 0 radical (unpaired) electrons. The molecule has 2 rings (SSSR count). The van der Waals surface area contributed by atoms with Gasteiger partial charge in [-0.2, -0.15) is 4.98 Å². The van der Waals surface area contributed by atoms with E-state index in [4.69, 9.17) is 23.2 Å². The molecule has 0 amide bonds. The molecule has 21 heavy (non-hydrogen) atoms. The first kappa shape index (κ1) is 15.3. The van der Waals surface area contributed by atoms with E-state index in [1.54, 1.807) is 18.2 Å². The van der Waals surface area contributed by atoms with Gasteiger partial charge in [0.2, 0.25) is 11.8 Å². The first-order chi connectivity index (χ1) is 10.0. The Morgan fingerprint density at radius 1 is 1.33 bits per heavy atom. The zero-order valence-corrected chi connectivity index (χ0v) is 12.4. The summed E-state index contributed by atoms with van der Waals surface area (Å²) < 4.78 is 0. The number of hydrogen-bond donors (Lipinski definition) is 2. The molecule has 0 saturated carbocycles. The second kappa shape index (κ2) is 6.55. The third kappa shape index (κ3) is 3.71. The molecule has 1 aromatic carbocycles. The first-order valence-corrected chi connectivity index (χ1v) is 6.74. The lowest BCUT2D eigenvalue weighted by atomic mass is 10.3. The molecule has 0 bridgehead atoms. The van der Waals surface area contributed by atoms with E-state index in [1.807, 2.05) is 6.92 Å². The maximum atomic E-state index is 10.9. The highest BCUT2D eigenvalue weighted by Crippen LogP contribution is 2.27. The SMILES string of the molecule is CCNc1nc(Nc2ccc(Cl)c(Cl)c2)ncc1[N+](=O)[O-]. The van der Waals surface area contributed by atoms with E-state index >= 15 is 0 Å². The maximum Gasteiger partial charge on any atom is 0.329 e. The highest BCUT2D eigenvalue weighted by molar-refractivity contribution is 6.42. The number of rotatable bonds is 5. The van der Waals surface area contributed by atoms with Crippen LogP contribution in [0.1, 0.15) is 6.92 Å². The van der Waals surface area contributed by atoms with Crippen molar-refractivity contribution in [3.8, 4) is 0 Å². The summed E-state index contributed by atoms with van der Waals surface area (Å²) in [6.45, 7) is 2.32. The Kier molecular flexibility index (Phi) is 4.77. The molecule has 2 aromatic rings. The Morgan fingerprint density at radius 3 is 2.71 bits per heavy atom. The fourth-order valence-electron chi connectivity index (χ4n) is 1.57. The van der Waals surface area contributed by atoms with Crippen molar-refractivity contribution in [1.29, 1.82) is 0 Å². The minimum atomic E-state index is -0.541. The summed E-state index contributed by atoms with van der Waals surface area (Å²) in [4.78, 5) is 18.3. The molecule has 110 valence electrons. The lowest BCUT2D eigenvalue weighted by Gasteiger charge is -2.08. The molecule has 7 nitrogen and oxygen atoms in total. The van der Waals surface area contributed by atoms with Gasteiger partial charge in [-0.05, 0) is 25.1 Å². The van der Waals surface area contributed by atoms with Gasteiger partial charge in [0, 0.05) is 12.2 Å². The molecule has 0 unspecified atom stereocenters. The molecule has 9 heteroatoms. The van der Waals surface area contributed by atoms with Crippen molar-refractivity contribution >= 4 is 46.3 Å². The van der Waals surface area contributed by atoms with Crippen LogP contribution >= 0.6 is 23.2 Å². The van der Waals surface area contributed by atoms with Crippen molar-refractivity contribution in [2.24, 2.45) is 0 Å². The molecule has 1 heterocycles. The molecular weight excluding hydrogens is 317 g/mol. The predicted molar refractivity (Wildman–Crippen MR) is 82.6 cm³/mol. The van der Waals surface area contributed by atoms with E-state index in [9.17, 15) is 10.1 Å². The van der Waals surface area contributed by atoms with Crippen LogP contribution < -0.4 is 10.6 Å². The Morgan fingerprint density at radius 2 is 2.10 bits per heavy atom. The summed E-state index contributed by atoms with van der Waals surface area (Å²) in [6, 6.07) is 4.94. The summed E-state index contributed by atoms with van der Waals surface area (Å²) in [5.74, 6) is 0.370. The minimum absolute atomic E-state index is 0.153. The van der Waals surface area contributed by atoms with Crippen molar-refractivity contribution < 1.29 is 4.92 Å². The lowest BCUT2D eigenvalue weighted by molar-refractivity contribution is -0.384. The summed E-state index contributed by atoms with van der Waals surface area (Å²) in [6.07, 6.45) is 1.14. The quantitative estimate of drug-likeness (QED) is 0.639. The maximum absolute atomic E-state index is 10.9. The molecular formula is C12H11Cl2N5O2. The average molecular weight is 328 g/mol. The summed E-state index contributed by atoms with van der Waals surface area (Å²) >= 11 is 11.7. The van der Waals surface area contributed by atoms with E-state index in [-0.39, 0.29) is 17.5 Å². The van der Waals surface area contributed by atoms with Crippen LogP contribution in [-0.2, 0) is 0 Å². The second-order valence-electron chi connectivity index (χ2n) is 3.97. The summed E-state index contributed by atoms with van der Waals surface area (Å²) in [5.41, 5.74) is 0.442. The van der Waals surface area contributed by atoms with Crippen molar-refractivity contribution in [2.75, 3.05) is 17.2 Å². The van der Waals surface area contributed by atoms with Crippen LogP contribution in [0, 0.1) is 10.1 Å². The molecule has 0 spiro atoms. The number of hydrogen-bond acceptors (Lipinski definition) is 6. The van der Waals surface area contributed by atoms with Gasteiger partial charge >= 0.3 is 5.69 Å². The third-order valence-corrected chi connectivity index (χ3v) is 3.23. The minimum Gasteiger partial charge on any atom is -0.364 e. The van der Waals surface area contributed by atoms with E-state index in [0.29, 0.717) is 22.3 Å². The molecule has 0 fully saturated rings. The third-order valence-electron chi connectivity index (χ3n) is 2.49. The summed E-state index contributed by atoms with van der Waals surface area (Å²) in [7, 11) is 0. The number of benzene rings is 1. The second-order valence-corrected chi connectivity index (χ2v) is 4.78. The van der Waals surface area contributed by atoms with Gasteiger partial charge in [-0.25, -0.2) is 4.98 Å². The van der Waals surface area contributed by atoms with Gasteiger partial charge in [0.25, 0.3) is 0 Å². The van der Waals surface area contributed by atoms with Gasteiger partial charge in [0.1, 0.15) is 6.20 Å². The standard InChI is InChI=1S/C12H11Cl2N5O2/c1-2-15-11-10(19(20)21)6-16-12(18-11)17-7-3-4-8(13)9(14)5-7/h3-6H,2H2,1H3,(H2,15,16,17,18). The number of nitro groups is 1. The largest absolute Gasteiger partial charge is 0.364 e. The van der Waals surface area contributed by atoms with Crippen molar-refractivity contribution in [3.63, 3.8) is 0 Å². The van der Waals surface area contributed by atoms with Crippen LogP contribution in [0.4, 0.5) is 23.1 Å². The molecule has 0 aliphatic carbocycles. The number of anilines is 3. The Labute approximate surface area is 130 Å². The number of nitrogens with zero attached hydrogens (tertiary/aromatic N) is 3. The Bertz CT molecular complexity index is 681. The first-order valence-electron chi connectivity index (χ1n) is 5.98. The van der Waals surface area contributed by atoms with Crippen LogP contribution in [0.2, 0.25) is 10.0 Å². The van der Waals surface area contributed by atoms with Crippen molar-refractivity contribution in [2.45, 2.75) is 6.92 Å². The van der Waals surface area contributed by atoms with Gasteiger partial charge < -0.3 is 10.6 Å². The van der Waals surface area contributed by atoms with Crippen LogP contribution in [-0.4, -0.2) is 21.4 Å². The van der Waals surface area contributed by atoms with Crippen molar-refractivity contribution in [1.82, 2.24) is 9.97 Å². The van der Waals surface area contributed by atoms with Gasteiger partial charge in [0.15, 0.2) is 0 Å². The average Bonchev–Trinajstić information content (AvgIpc) is 2.43. The van der Waals surface area contributed by atoms with Gasteiger partial charge in [0.05, 0.1) is 15.0 Å². The molecule has 2 N–H and O–H groups in total. The molecule has 0 saturated heterocycles. The fraction of sp³-hybridized carbons (Fsp3) is 0.167. The smallest absolute Gasteiger partial charge is 0.329 e. The van der Waals surface area contributed by atoms with Gasteiger partial charge in [-0.3, -0.25) is 10.1 Å². The fourth-order valence-corrected chi connectivity index (χ4v) is 1.87. The van der Waals surface area contributed by atoms with Gasteiger partial charge in [-0.1, -0.05) is 23.2 Å². The molecule has 0 aliphatic heterocycles. The Balaban J connectivity index is 2.29. The van der Waals surface area contributed by atoms with E-state index in [2.05, 4.69) is 20.6 Å². The monoisotopic (exact) mass is 327 g/mol. The molecule has 1 aromatic heterocycles. The highest BCUT2D eigenvalue weighted by atomic mass is 35.5. The zero-order valence-electron chi connectivity index (χ0n) is 10.9. The Hall–Kier alpha value is -2.12. The van der Waals surface area contributed by atoms with Gasteiger partial charge in [-0.15, -0.1) is 0 Å². The number of nitrogens with one attached hydrogen (secondary N) is 2. The topological polar surface area (TPSA) is 93.0 Å². The lowest BCUT2D eigenvalue weighted by Crippen LogP contribution is -2.07. The molecule has 0 atom stereocenters. The normalized spacial score (nSPS) is 10.2. The molecule has 0 aliphatic rings. The van der Waals surface area contributed by atoms with E-state index in [0.717, 1.165) is 6.20 Å². The van der Waals surface area contributed by atoms with Crippen LogP contribution in [0.5, 0.6) is 0 Å². The van der Waals surface area contributed by atoms with Crippen LogP contribution in [0.3, 0.4) is 0 Å².